The average Bonchev–Trinajstić information content (AvgIpc) is 3.09. The summed E-state index contributed by atoms with van der Waals surface area (Å²) in [5, 5.41) is 4.59. The monoisotopic (exact) mass is 426 g/mol. The fourth-order valence-corrected chi connectivity index (χ4v) is 5.16. The highest BCUT2D eigenvalue weighted by Crippen LogP contribution is 2.57. The SMILES string of the molecule is Cc1cn2nc(-c3cc(F)c4nc(C5[C@H]6CN(CC(F)F)C[C@@H]56)cn4c3)cc(C)c2n1. The molecule has 31 heavy (non-hydrogen) atoms. The maximum absolute atomic E-state index is 14.9. The van der Waals surface area contributed by atoms with E-state index in [1.807, 2.05) is 43.4 Å². The number of imidazole rings is 2. The third-order valence-corrected chi connectivity index (χ3v) is 6.56. The molecule has 9 heteroatoms. The van der Waals surface area contributed by atoms with E-state index in [2.05, 4.69) is 15.1 Å². The van der Waals surface area contributed by atoms with Crippen molar-refractivity contribution in [1.29, 1.82) is 0 Å². The standard InChI is InChI=1S/C22H21F3N6/c1-11-3-17(28-31-5-12(2)26-21(11)31)13-4-16(23)22-27-18(9-30(22)6-13)20-14-7-29(8-15(14)20)10-19(24)25/h3-6,9,14-15,19-20H,7-8,10H2,1-2H3/t14-,15+,20?. The zero-order chi connectivity index (χ0) is 21.4. The lowest BCUT2D eigenvalue weighted by Crippen LogP contribution is -2.29. The van der Waals surface area contributed by atoms with Crippen LogP contribution in [0.15, 0.2) is 30.7 Å². The van der Waals surface area contributed by atoms with Gasteiger partial charge in [-0.25, -0.2) is 27.7 Å². The lowest BCUT2D eigenvalue weighted by Gasteiger charge is -2.17. The minimum absolute atomic E-state index is 0.171. The molecule has 0 N–H and O–H groups in total. The molecule has 0 radical (unpaired) electrons. The normalized spacial score (nSPS) is 23.4. The number of likely N-dealkylation sites (tertiary alicyclic amines) is 1. The van der Waals surface area contributed by atoms with E-state index < -0.39 is 12.2 Å². The Labute approximate surface area is 176 Å². The second kappa shape index (κ2) is 6.53. The fourth-order valence-electron chi connectivity index (χ4n) is 5.16. The number of fused-ring (bicyclic) bond motifs is 3. The summed E-state index contributed by atoms with van der Waals surface area (Å²) in [6.45, 7) is 5.02. The van der Waals surface area contributed by atoms with Crippen molar-refractivity contribution in [3.63, 3.8) is 0 Å². The molecule has 1 aliphatic carbocycles. The number of pyridine rings is 1. The van der Waals surface area contributed by atoms with Gasteiger partial charge < -0.3 is 4.40 Å². The van der Waals surface area contributed by atoms with Crippen LogP contribution in [0.1, 0.15) is 22.9 Å². The third kappa shape index (κ3) is 3.02. The molecule has 1 saturated carbocycles. The Balaban J connectivity index is 1.32. The van der Waals surface area contributed by atoms with E-state index in [9.17, 15) is 13.2 Å². The highest BCUT2D eigenvalue weighted by molar-refractivity contribution is 5.64. The zero-order valence-corrected chi connectivity index (χ0v) is 17.1. The van der Waals surface area contributed by atoms with Gasteiger partial charge in [-0.15, -0.1) is 0 Å². The first-order valence-electron chi connectivity index (χ1n) is 10.4. The lowest BCUT2D eigenvalue weighted by molar-refractivity contribution is 0.0934. The Kier molecular flexibility index (Phi) is 3.96. The minimum atomic E-state index is -2.30. The predicted octanol–water partition coefficient (Wildman–Crippen LogP) is 3.71. The first kappa shape index (κ1) is 18.8. The number of piperidine rings is 1. The summed E-state index contributed by atoms with van der Waals surface area (Å²) in [5.41, 5.74) is 5.06. The minimum Gasteiger partial charge on any atom is -0.304 e. The quantitative estimate of drug-likeness (QED) is 0.499. The van der Waals surface area contributed by atoms with Gasteiger partial charge >= 0.3 is 0 Å². The molecule has 4 aromatic heterocycles. The van der Waals surface area contributed by atoms with Gasteiger partial charge in [0.2, 0.25) is 0 Å². The highest BCUT2D eigenvalue weighted by Gasteiger charge is 2.57. The van der Waals surface area contributed by atoms with Gasteiger partial charge in [-0.05, 0) is 43.4 Å². The van der Waals surface area contributed by atoms with Crippen LogP contribution in [0.4, 0.5) is 13.2 Å². The van der Waals surface area contributed by atoms with Crippen LogP contribution < -0.4 is 0 Å². The first-order chi connectivity index (χ1) is 14.9. The molecule has 6 nitrogen and oxygen atoms in total. The van der Waals surface area contributed by atoms with Crippen molar-refractivity contribution in [3.05, 3.63) is 53.5 Å². The molecule has 0 aromatic carbocycles. The maximum atomic E-state index is 14.9. The van der Waals surface area contributed by atoms with E-state index in [-0.39, 0.29) is 18.1 Å². The van der Waals surface area contributed by atoms with Gasteiger partial charge in [-0.1, -0.05) is 0 Å². The summed E-state index contributed by atoms with van der Waals surface area (Å²) in [5.74, 6) is 0.488. The van der Waals surface area contributed by atoms with Gasteiger partial charge in [0.25, 0.3) is 6.43 Å². The fraction of sp³-hybridized carbons (Fsp3) is 0.409. The molecule has 6 rings (SSSR count). The van der Waals surface area contributed by atoms with Crippen molar-refractivity contribution in [2.75, 3.05) is 19.6 Å². The molecule has 1 unspecified atom stereocenters. The van der Waals surface area contributed by atoms with Crippen molar-refractivity contribution in [3.8, 4) is 11.3 Å². The number of nitrogens with zero attached hydrogens (tertiary/aromatic N) is 6. The maximum Gasteiger partial charge on any atom is 0.251 e. The van der Waals surface area contributed by atoms with Gasteiger partial charge in [0, 0.05) is 37.0 Å². The molecule has 4 aromatic rings. The van der Waals surface area contributed by atoms with E-state index >= 15 is 0 Å². The van der Waals surface area contributed by atoms with Crippen LogP contribution in [0.5, 0.6) is 0 Å². The van der Waals surface area contributed by atoms with Crippen molar-refractivity contribution in [2.24, 2.45) is 11.8 Å². The topological polar surface area (TPSA) is 50.7 Å². The summed E-state index contributed by atoms with van der Waals surface area (Å²) in [6, 6.07) is 3.37. The van der Waals surface area contributed by atoms with Crippen LogP contribution in [0.2, 0.25) is 0 Å². The molecule has 2 aliphatic rings. The molecule has 1 saturated heterocycles. The lowest BCUT2D eigenvalue weighted by atomic mass is 10.1. The molecule has 3 atom stereocenters. The summed E-state index contributed by atoms with van der Waals surface area (Å²) in [4.78, 5) is 10.8. The third-order valence-electron chi connectivity index (χ3n) is 6.56. The van der Waals surface area contributed by atoms with Crippen molar-refractivity contribution in [1.82, 2.24) is 28.9 Å². The molecule has 5 heterocycles. The van der Waals surface area contributed by atoms with Crippen LogP contribution in [-0.2, 0) is 0 Å². The Hall–Kier alpha value is -2.94. The molecular weight excluding hydrogens is 405 g/mol. The van der Waals surface area contributed by atoms with Crippen LogP contribution >= 0.6 is 0 Å². The summed E-state index contributed by atoms with van der Waals surface area (Å²) >= 11 is 0. The number of alkyl halides is 2. The molecule has 0 bridgehead atoms. The Morgan fingerprint density at radius 1 is 1.03 bits per heavy atom. The van der Waals surface area contributed by atoms with E-state index in [0.29, 0.717) is 36.2 Å². The summed E-state index contributed by atoms with van der Waals surface area (Å²) < 4.78 is 43.6. The van der Waals surface area contributed by atoms with Crippen LogP contribution in [0.25, 0.3) is 22.6 Å². The second-order valence-corrected chi connectivity index (χ2v) is 8.80. The molecule has 160 valence electrons. The van der Waals surface area contributed by atoms with Crippen molar-refractivity contribution < 1.29 is 13.2 Å². The highest BCUT2D eigenvalue weighted by atomic mass is 19.3. The van der Waals surface area contributed by atoms with Gasteiger partial charge in [-0.3, -0.25) is 4.90 Å². The number of hydrogen-bond acceptors (Lipinski definition) is 4. The van der Waals surface area contributed by atoms with E-state index in [1.54, 1.807) is 8.92 Å². The Morgan fingerprint density at radius 2 is 1.81 bits per heavy atom. The van der Waals surface area contributed by atoms with Gasteiger partial charge in [0.1, 0.15) is 0 Å². The van der Waals surface area contributed by atoms with Crippen molar-refractivity contribution in [2.45, 2.75) is 26.2 Å². The van der Waals surface area contributed by atoms with E-state index in [4.69, 9.17) is 0 Å². The Bertz CT molecular complexity index is 1310. The van der Waals surface area contributed by atoms with Crippen LogP contribution in [0, 0.1) is 31.5 Å². The average molecular weight is 426 g/mol. The molecule has 1 aliphatic heterocycles. The molecule has 0 spiro atoms. The smallest absolute Gasteiger partial charge is 0.251 e. The van der Waals surface area contributed by atoms with Gasteiger partial charge in [0.05, 0.1) is 29.8 Å². The van der Waals surface area contributed by atoms with Crippen LogP contribution in [0.3, 0.4) is 0 Å². The number of aryl methyl sites for hydroxylation is 2. The molecular formula is C22H21F3N6. The molecule has 2 fully saturated rings. The first-order valence-corrected chi connectivity index (χ1v) is 10.4. The summed E-state index contributed by atoms with van der Waals surface area (Å²) in [6.07, 6.45) is 3.25. The van der Waals surface area contributed by atoms with E-state index in [1.165, 1.54) is 6.07 Å². The zero-order valence-electron chi connectivity index (χ0n) is 17.1. The number of hydrogen-bond donors (Lipinski definition) is 0. The largest absolute Gasteiger partial charge is 0.304 e. The summed E-state index contributed by atoms with van der Waals surface area (Å²) in [7, 11) is 0. The predicted molar refractivity (Wildman–Crippen MR) is 109 cm³/mol. The van der Waals surface area contributed by atoms with Gasteiger partial charge in [0.15, 0.2) is 17.1 Å². The van der Waals surface area contributed by atoms with Gasteiger partial charge in [-0.2, -0.15) is 5.10 Å². The van der Waals surface area contributed by atoms with Crippen LogP contribution in [-0.4, -0.2) is 54.9 Å². The Morgan fingerprint density at radius 3 is 2.55 bits per heavy atom. The van der Waals surface area contributed by atoms with Crippen molar-refractivity contribution >= 4 is 11.3 Å². The number of halogens is 3. The number of aromatic nitrogens is 5. The van der Waals surface area contributed by atoms with E-state index in [0.717, 1.165) is 22.6 Å². The molecule has 0 amide bonds. The second-order valence-electron chi connectivity index (χ2n) is 8.80. The number of rotatable bonds is 4.